The van der Waals surface area contributed by atoms with Crippen LogP contribution in [0.1, 0.15) is 40.5 Å². The summed E-state index contributed by atoms with van der Waals surface area (Å²) in [6, 6.07) is -0.757. The van der Waals surface area contributed by atoms with Crippen molar-refractivity contribution >= 4 is 11.8 Å². The van der Waals surface area contributed by atoms with Crippen molar-refractivity contribution in [3.8, 4) is 0 Å². The number of nitrogens with one attached hydrogen (secondary N) is 1. The van der Waals surface area contributed by atoms with Crippen molar-refractivity contribution in [1.82, 2.24) is 10.2 Å². The largest absolute Gasteiger partial charge is 0.380 e. The highest BCUT2D eigenvalue weighted by atomic mass is 16.5. The van der Waals surface area contributed by atoms with Gasteiger partial charge in [-0.3, -0.25) is 9.59 Å². The molecule has 0 radical (unpaired) electrons. The van der Waals surface area contributed by atoms with Gasteiger partial charge in [0.2, 0.25) is 11.8 Å². The lowest BCUT2D eigenvalue weighted by atomic mass is 9.82. The molecule has 1 aliphatic carbocycles. The van der Waals surface area contributed by atoms with Crippen molar-refractivity contribution in [2.24, 2.45) is 11.3 Å². The molecule has 0 aromatic heterocycles. The van der Waals surface area contributed by atoms with Crippen molar-refractivity contribution in [3.63, 3.8) is 0 Å². The first kappa shape index (κ1) is 15.3. The zero-order chi connectivity index (χ0) is 15.1. The van der Waals surface area contributed by atoms with E-state index in [0.717, 1.165) is 12.8 Å². The maximum Gasteiger partial charge on any atom is 0.246 e. The minimum absolute atomic E-state index is 0.0303. The van der Waals surface area contributed by atoms with Gasteiger partial charge in [-0.25, -0.2) is 0 Å². The lowest BCUT2D eigenvalue weighted by Crippen LogP contribution is -2.68. The number of amides is 2. The second-order valence-electron chi connectivity index (χ2n) is 7.13. The van der Waals surface area contributed by atoms with Crippen molar-refractivity contribution in [3.05, 3.63) is 0 Å². The fourth-order valence-corrected chi connectivity index (χ4v) is 2.90. The molecule has 0 aromatic rings. The molecular weight excluding hydrogens is 256 g/mol. The van der Waals surface area contributed by atoms with Gasteiger partial charge in [0, 0.05) is 13.7 Å². The smallest absolute Gasteiger partial charge is 0.246 e. The van der Waals surface area contributed by atoms with Crippen LogP contribution in [0.4, 0.5) is 0 Å². The first-order chi connectivity index (χ1) is 9.25. The maximum atomic E-state index is 12.7. The Kier molecular flexibility index (Phi) is 4.09. The molecule has 1 saturated heterocycles. The van der Waals surface area contributed by atoms with Crippen LogP contribution in [0.15, 0.2) is 0 Å². The van der Waals surface area contributed by atoms with E-state index < -0.39 is 6.04 Å². The second kappa shape index (κ2) is 5.35. The average Bonchev–Trinajstić information content (AvgIpc) is 3.15. The van der Waals surface area contributed by atoms with Gasteiger partial charge < -0.3 is 15.0 Å². The van der Waals surface area contributed by atoms with Crippen molar-refractivity contribution in [2.45, 2.75) is 58.7 Å². The molecule has 0 aromatic carbocycles. The Balaban J connectivity index is 2.25. The molecule has 3 unspecified atom stereocenters. The van der Waals surface area contributed by atoms with Crippen LogP contribution >= 0.6 is 0 Å². The number of nitrogens with zero attached hydrogens (tertiary/aromatic N) is 1. The molecule has 5 nitrogen and oxygen atoms in total. The van der Waals surface area contributed by atoms with Gasteiger partial charge in [-0.15, -0.1) is 0 Å². The summed E-state index contributed by atoms with van der Waals surface area (Å²) in [6.07, 6.45) is 1.99. The van der Waals surface area contributed by atoms with E-state index in [1.807, 2.05) is 27.7 Å². The molecule has 2 amide bonds. The first-order valence-electron chi connectivity index (χ1n) is 7.39. The van der Waals surface area contributed by atoms with Crippen LogP contribution < -0.4 is 5.32 Å². The molecule has 3 atom stereocenters. The summed E-state index contributed by atoms with van der Waals surface area (Å²) >= 11 is 0. The average molecular weight is 282 g/mol. The molecule has 1 heterocycles. The highest BCUT2D eigenvalue weighted by molar-refractivity contribution is 5.97. The van der Waals surface area contributed by atoms with Gasteiger partial charge in [0.15, 0.2) is 0 Å². The summed E-state index contributed by atoms with van der Waals surface area (Å²) in [6.45, 7) is 8.37. The first-order valence-corrected chi connectivity index (χ1v) is 7.39. The zero-order valence-corrected chi connectivity index (χ0v) is 13.1. The van der Waals surface area contributed by atoms with Gasteiger partial charge in [-0.05, 0) is 31.1 Å². The second-order valence-corrected chi connectivity index (χ2v) is 7.13. The molecule has 0 bridgehead atoms. The molecule has 2 aliphatic rings. The third-order valence-electron chi connectivity index (χ3n) is 4.18. The molecule has 0 spiro atoms. The molecule has 114 valence electrons. The molecule has 2 rings (SSSR count). The quantitative estimate of drug-likeness (QED) is 0.842. The Morgan fingerprint density at radius 3 is 2.40 bits per heavy atom. The summed E-state index contributed by atoms with van der Waals surface area (Å²) in [5.41, 5.74) is -0.290. The van der Waals surface area contributed by atoms with Crippen LogP contribution in [0.3, 0.4) is 0 Å². The van der Waals surface area contributed by atoms with Crippen LogP contribution in [0.5, 0.6) is 0 Å². The van der Waals surface area contributed by atoms with Crippen LogP contribution in [-0.2, 0) is 14.3 Å². The van der Waals surface area contributed by atoms with Gasteiger partial charge in [0.05, 0.1) is 6.10 Å². The predicted molar refractivity (Wildman–Crippen MR) is 76.1 cm³/mol. The van der Waals surface area contributed by atoms with E-state index in [1.165, 1.54) is 0 Å². The van der Waals surface area contributed by atoms with Gasteiger partial charge in [0.1, 0.15) is 12.1 Å². The zero-order valence-electron chi connectivity index (χ0n) is 13.1. The fourth-order valence-electron chi connectivity index (χ4n) is 2.90. The Morgan fingerprint density at radius 2 is 1.95 bits per heavy atom. The molecule has 20 heavy (non-hydrogen) atoms. The van der Waals surface area contributed by atoms with E-state index in [9.17, 15) is 9.59 Å². The topological polar surface area (TPSA) is 58.6 Å². The minimum atomic E-state index is -0.428. The van der Waals surface area contributed by atoms with Gasteiger partial charge in [0.25, 0.3) is 0 Å². The summed E-state index contributed by atoms with van der Waals surface area (Å²) in [7, 11) is 1.63. The number of piperazine rings is 1. The van der Waals surface area contributed by atoms with Crippen LogP contribution in [0.2, 0.25) is 0 Å². The Morgan fingerprint density at radius 1 is 1.35 bits per heavy atom. The van der Waals surface area contributed by atoms with Gasteiger partial charge in [-0.2, -0.15) is 0 Å². The molecule has 1 aliphatic heterocycles. The Labute approximate surface area is 121 Å². The lowest BCUT2D eigenvalue weighted by Gasteiger charge is -2.45. The molecule has 1 saturated carbocycles. The van der Waals surface area contributed by atoms with Gasteiger partial charge >= 0.3 is 0 Å². The van der Waals surface area contributed by atoms with E-state index in [2.05, 4.69) is 5.32 Å². The number of rotatable bonds is 4. The van der Waals surface area contributed by atoms with Crippen LogP contribution in [0, 0.1) is 11.3 Å². The predicted octanol–water partition coefficient (Wildman–Crippen LogP) is 1.17. The molecule has 5 heteroatoms. The van der Waals surface area contributed by atoms with E-state index in [-0.39, 0.29) is 29.4 Å². The fraction of sp³-hybridized carbons (Fsp3) is 0.867. The standard InChI is InChI=1S/C15H26N2O3/c1-9(20-5)8-17-12(15(2,3)4)13(18)16-11(14(17)19)10-6-7-10/h9-12H,6-8H2,1-5H3,(H,16,18). The molecule has 1 N–H and O–H groups in total. The van der Waals surface area contributed by atoms with E-state index in [1.54, 1.807) is 12.0 Å². The van der Waals surface area contributed by atoms with E-state index in [4.69, 9.17) is 4.74 Å². The van der Waals surface area contributed by atoms with Gasteiger partial charge in [-0.1, -0.05) is 20.8 Å². The summed E-state index contributed by atoms with van der Waals surface area (Å²) in [5, 5.41) is 2.93. The number of carbonyl (C=O) groups excluding carboxylic acids is 2. The van der Waals surface area contributed by atoms with Crippen LogP contribution in [-0.4, -0.2) is 48.6 Å². The lowest BCUT2D eigenvalue weighted by molar-refractivity contribution is -0.156. The Bertz CT molecular complexity index is 398. The summed E-state index contributed by atoms with van der Waals surface area (Å²) in [5.74, 6) is 0.348. The van der Waals surface area contributed by atoms with Crippen molar-refractivity contribution < 1.29 is 14.3 Å². The normalized spacial score (nSPS) is 29.4. The third-order valence-corrected chi connectivity index (χ3v) is 4.18. The highest BCUT2D eigenvalue weighted by Crippen LogP contribution is 2.37. The summed E-state index contributed by atoms with van der Waals surface area (Å²) < 4.78 is 5.28. The van der Waals surface area contributed by atoms with Crippen molar-refractivity contribution in [1.29, 1.82) is 0 Å². The van der Waals surface area contributed by atoms with E-state index >= 15 is 0 Å². The number of ether oxygens (including phenoxy) is 1. The maximum absolute atomic E-state index is 12.7. The third kappa shape index (κ3) is 2.97. The summed E-state index contributed by atoms with van der Waals surface area (Å²) in [4.78, 5) is 26.9. The molecular formula is C15H26N2O3. The monoisotopic (exact) mass is 282 g/mol. The number of hydrogen-bond acceptors (Lipinski definition) is 3. The highest BCUT2D eigenvalue weighted by Gasteiger charge is 2.50. The van der Waals surface area contributed by atoms with Crippen molar-refractivity contribution in [2.75, 3.05) is 13.7 Å². The number of hydrogen-bond donors (Lipinski definition) is 1. The molecule has 2 fully saturated rings. The number of carbonyl (C=O) groups is 2. The SMILES string of the molecule is COC(C)CN1C(=O)C(C2CC2)NC(=O)C1C(C)(C)C. The Hall–Kier alpha value is -1.10. The van der Waals surface area contributed by atoms with Crippen LogP contribution in [0.25, 0.3) is 0 Å². The number of methoxy groups -OCH3 is 1. The van der Waals surface area contributed by atoms with E-state index in [0.29, 0.717) is 12.5 Å². The minimum Gasteiger partial charge on any atom is -0.380 e.